The molecule has 0 saturated carbocycles. The van der Waals surface area contributed by atoms with E-state index in [-0.39, 0.29) is 0 Å². The van der Waals surface area contributed by atoms with Gasteiger partial charge in [-0.05, 0) is 24.1 Å². The van der Waals surface area contributed by atoms with Gasteiger partial charge in [0, 0.05) is 12.6 Å². The third kappa shape index (κ3) is 1.93. The van der Waals surface area contributed by atoms with Gasteiger partial charge in [0.25, 0.3) is 0 Å². The van der Waals surface area contributed by atoms with E-state index in [1.807, 2.05) is 6.07 Å². The molecule has 0 fully saturated rings. The highest BCUT2D eigenvalue weighted by Gasteiger charge is 2.10. The number of carboxylic acid groups (broad SMARTS) is 1. The van der Waals surface area contributed by atoms with Gasteiger partial charge in [0.1, 0.15) is 0 Å². The first-order valence-electron chi connectivity index (χ1n) is 4.85. The summed E-state index contributed by atoms with van der Waals surface area (Å²) < 4.78 is 0. The molecule has 0 aliphatic rings. The Labute approximate surface area is 92.1 Å². The van der Waals surface area contributed by atoms with Crippen LogP contribution in [0.5, 0.6) is 0 Å². The van der Waals surface area contributed by atoms with Crippen LogP contribution in [0, 0.1) is 6.92 Å². The van der Waals surface area contributed by atoms with Crippen molar-refractivity contribution in [1.29, 1.82) is 0 Å². The molecule has 1 heterocycles. The van der Waals surface area contributed by atoms with Gasteiger partial charge in [0.05, 0.1) is 11.3 Å². The fourth-order valence-corrected chi connectivity index (χ4v) is 1.61. The van der Waals surface area contributed by atoms with Gasteiger partial charge in [-0.25, -0.2) is 4.79 Å². The summed E-state index contributed by atoms with van der Waals surface area (Å²) in [5.41, 5.74) is 2.86. The molecule has 0 saturated heterocycles. The number of aromatic nitrogens is 3. The highest BCUT2D eigenvalue weighted by molar-refractivity contribution is 5.89. The summed E-state index contributed by atoms with van der Waals surface area (Å²) in [6.45, 7) is 1.80. The van der Waals surface area contributed by atoms with Crippen LogP contribution in [0.1, 0.15) is 27.2 Å². The van der Waals surface area contributed by atoms with Crippen LogP contribution in [0.25, 0.3) is 0 Å². The molecule has 2 rings (SSSR count). The van der Waals surface area contributed by atoms with E-state index in [1.54, 1.807) is 25.3 Å². The van der Waals surface area contributed by atoms with Crippen LogP contribution in [-0.4, -0.2) is 26.5 Å². The molecule has 5 heteroatoms. The summed E-state index contributed by atoms with van der Waals surface area (Å²) in [5, 5.41) is 19.1. The van der Waals surface area contributed by atoms with Crippen molar-refractivity contribution in [2.75, 3.05) is 0 Å². The number of rotatable bonds is 3. The maximum atomic E-state index is 10.9. The molecule has 5 nitrogen and oxygen atoms in total. The third-order valence-electron chi connectivity index (χ3n) is 2.52. The Morgan fingerprint density at radius 2 is 2.31 bits per heavy atom. The number of H-pyrrole nitrogens is 1. The van der Waals surface area contributed by atoms with Gasteiger partial charge in [-0.15, -0.1) is 5.10 Å². The predicted molar refractivity (Wildman–Crippen MR) is 57.3 cm³/mol. The number of aromatic carboxylic acids is 1. The zero-order chi connectivity index (χ0) is 11.5. The topological polar surface area (TPSA) is 78.9 Å². The predicted octanol–water partition coefficient (Wildman–Crippen LogP) is 1.40. The molecule has 2 N–H and O–H groups in total. The maximum absolute atomic E-state index is 10.9. The van der Waals surface area contributed by atoms with E-state index in [9.17, 15) is 4.79 Å². The number of carboxylic acids is 1. The lowest BCUT2D eigenvalue weighted by atomic mass is 9.99. The molecule has 1 aromatic heterocycles. The lowest BCUT2D eigenvalue weighted by Gasteiger charge is -2.06. The lowest BCUT2D eigenvalue weighted by molar-refractivity contribution is 0.0696. The molecule has 0 amide bonds. The molecule has 1 aromatic carbocycles. The van der Waals surface area contributed by atoms with Crippen LogP contribution in [0.15, 0.2) is 24.4 Å². The number of hydrogen-bond acceptors (Lipinski definition) is 3. The Bertz CT molecular complexity index is 506. The van der Waals surface area contributed by atoms with Crippen molar-refractivity contribution in [1.82, 2.24) is 15.4 Å². The molecule has 16 heavy (non-hydrogen) atoms. The van der Waals surface area contributed by atoms with Gasteiger partial charge in [0.15, 0.2) is 0 Å². The second kappa shape index (κ2) is 4.14. The monoisotopic (exact) mass is 217 g/mol. The van der Waals surface area contributed by atoms with Crippen molar-refractivity contribution in [2.45, 2.75) is 13.3 Å². The average molecular weight is 217 g/mol. The van der Waals surface area contributed by atoms with E-state index in [0.717, 1.165) is 16.8 Å². The van der Waals surface area contributed by atoms with Gasteiger partial charge in [-0.1, -0.05) is 17.3 Å². The second-order valence-corrected chi connectivity index (χ2v) is 3.54. The van der Waals surface area contributed by atoms with Crippen molar-refractivity contribution < 1.29 is 9.90 Å². The molecular formula is C11H11N3O2. The summed E-state index contributed by atoms with van der Waals surface area (Å²) in [6, 6.07) is 5.24. The molecule has 0 unspecified atom stereocenters. The molecule has 0 bridgehead atoms. The SMILES string of the molecule is Cc1c(Cc2c[nH]nn2)cccc1C(=O)O. The van der Waals surface area contributed by atoms with Gasteiger partial charge in [0.2, 0.25) is 0 Å². The number of aromatic amines is 1. The third-order valence-corrected chi connectivity index (χ3v) is 2.52. The minimum Gasteiger partial charge on any atom is -0.478 e. The number of hydrogen-bond donors (Lipinski definition) is 2. The zero-order valence-electron chi connectivity index (χ0n) is 8.77. The van der Waals surface area contributed by atoms with Gasteiger partial charge >= 0.3 is 5.97 Å². The first-order chi connectivity index (χ1) is 7.68. The molecule has 0 radical (unpaired) electrons. The van der Waals surface area contributed by atoms with Crippen LogP contribution < -0.4 is 0 Å². The van der Waals surface area contributed by atoms with Gasteiger partial charge in [-0.3, -0.25) is 5.10 Å². The normalized spacial score (nSPS) is 10.3. The average Bonchev–Trinajstić information content (AvgIpc) is 2.73. The fraction of sp³-hybridized carbons (Fsp3) is 0.182. The largest absolute Gasteiger partial charge is 0.478 e. The van der Waals surface area contributed by atoms with Gasteiger partial charge in [-0.2, -0.15) is 0 Å². The Balaban J connectivity index is 2.35. The molecule has 0 aliphatic heterocycles. The Morgan fingerprint density at radius 3 is 2.94 bits per heavy atom. The zero-order valence-corrected chi connectivity index (χ0v) is 8.77. The number of benzene rings is 1. The van der Waals surface area contributed by atoms with E-state index in [0.29, 0.717) is 12.0 Å². The van der Waals surface area contributed by atoms with Crippen LogP contribution >= 0.6 is 0 Å². The molecule has 0 spiro atoms. The first kappa shape index (κ1) is 10.4. The standard InChI is InChI=1S/C11H11N3O2/c1-7-8(5-9-6-12-14-13-9)3-2-4-10(7)11(15)16/h2-4,6H,5H2,1H3,(H,15,16)(H,12,13,14). The fourth-order valence-electron chi connectivity index (χ4n) is 1.61. The Hall–Kier alpha value is -2.17. The van der Waals surface area contributed by atoms with Crippen molar-refractivity contribution in [3.63, 3.8) is 0 Å². The maximum Gasteiger partial charge on any atom is 0.335 e. The quantitative estimate of drug-likeness (QED) is 0.814. The minimum atomic E-state index is -0.903. The summed E-state index contributed by atoms with van der Waals surface area (Å²) in [4.78, 5) is 10.9. The summed E-state index contributed by atoms with van der Waals surface area (Å²) in [5.74, 6) is -0.903. The molecular weight excluding hydrogens is 206 g/mol. The molecule has 0 aliphatic carbocycles. The Morgan fingerprint density at radius 1 is 1.50 bits per heavy atom. The summed E-state index contributed by atoms with van der Waals surface area (Å²) in [7, 11) is 0. The summed E-state index contributed by atoms with van der Waals surface area (Å²) in [6.07, 6.45) is 2.29. The lowest BCUT2D eigenvalue weighted by Crippen LogP contribution is -2.03. The van der Waals surface area contributed by atoms with Crippen LogP contribution in [0.2, 0.25) is 0 Å². The van der Waals surface area contributed by atoms with Crippen molar-refractivity contribution in [2.24, 2.45) is 0 Å². The second-order valence-electron chi connectivity index (χ2n) is 3.54. The van der Waals surface area contributed by atoms with Crippen LogP contribution in [0.3, 0.4) is 0 Å². The molecule has 82 valence electrons. The van der Waals surface area contributed by atoms with Crippen LogP contribution in [-0.2, 0) is 6.42 Å². The van der Waals surface area contributed by atoms with E-state index >= 15 is 0 Å². The smallest absolute Gasteiger partial charge is 0.335 e. The van der Waals surface area contributed by atoms with E-state index in [4.69, 9.17) is 5.11 Å². The first-order valence-corrected chi connectivity index (χ1v) is 4.85. The molecule has 0 atom stereocenters. The highest BCUT2D eigenvalue weighted by Crippen LogP contribution is 2.16. The minimum absolute atomic E-state index is 0.334. The van der Waals surface area contributed by atoms with Gasteiger partial charge < -0.3 is 5.11 Å². The van der Waals surface area contributed by atoms with Crippen molar-refractivity contribution >= 4 is 5.97 Å². The number of nitrogens with zero attached hydrogens (tertiary/aromatic N) is 2. The van der Waals surface area contributed by atoms with E-state index in [2.05, 4.69) is 15.4 Å². The van der Waals surface area contributed by atoms with Crippen LogP contribution in [0.4, 0.5) is 0 Å². The van der Waals surface area contributed by atoms with E-state index in [1.165, 1.54) is 0 Å². The number of nitrogens with one attached hydrogen (secondary N) is 1. The Kier molecular flexibility index (Phi) is 2.68. The van der Waals surface area contributed by atoms with E-state index < -0.39 is 5.97 Å². The molecule has 2 aromatic rings. The number of carbonyl (C=O) groups is 1. The van der Waals surface area contributed by atoms with Crippen molar-refractivity contribution in [3.05, 3.63) is 46.8 Å². The highest BCUT2D eigenvalue weighted by atomic mass is 16.4. The van der Waals surface area contributed by atoms with Crippen molar-refractivity contribution in [3.8, 4) is 0 Å². The summed E-state index contributed by atoms with van der Waals surface area (Å²) >= 11 is 0.